The van der Waals surface area contributed by atoms with Gasteiger partial charge in [-0.2, -0.15) is 4.31 Å². The van der Waals surface area contributed by atoms with Crippen LogP contribution in [-0.2, 0) is 17.1 Å². The predicted octanol–water partition coefficient (Wildman–Crippen LogP) is 0.881. The van der Waals surface area contributed by atoms with Gasteiger partial charge in [0, 0.05) is 32.4 Å². The maximum Gasteiger partial charge on any atom is 0.262 e. The van der Waals surface area contributed by atoms with Crippen molar-refractivity contribution in [2.45, 2.75) is 44.2 Å². The summed E-state index contributed by atoms with van der Waals surface area (Å²) >= 11 is 0. The molecular formula is C13H24N4O2S. The molecule has 0 radical (unpaired) electrons. The van der Waals surface area contributed by atoms with Crippen molar-refractivity contribution < 1.29 is 8.42 Å². The molecule has 7 heteroatoms. The number of aryl methyl sites for hydroxylation is 2. The molecule has 1 fully saturated rings. The summed E-state index contributed by atoms with van der Waals surface area (Å²) in [5.41, 5.74) is 0. The Labute approximate surface area is 121 Å². The molecule has 1 aromatic rings. The average Bonchev–Trinajstić information content (AvgIpc) is 2.77. The van der Waals surface area contributed by atoms with E-state index in [0.29, 0.717) is 18.9 Å². The summed E-state index contributed by atoms with van der Waals surface area (Å²) in [6.07, 6.45) is 4.53. The van der Waals surface area contributed by atoms with Gasteiger partial charge in [0.05, 0.1) is 0 Å². The second-order valence-corrected chi connectivity index (χ2v) is 7.15. The van der Waals surface area contributed by atoms with Crippen molar-refractivity contribution in [3.63, 3.8) is 0 Å². The fraction of sp³-hybridized carbons (Fsp3) is 0.769. The molecule has 1 aliphatic heterocycles. The fourth-order valence-corrected chi connectivity index (χ4v) is 4.30. The molecule has 0 aliphatic carbocycles. The number of aromatic nitrogens is 2. The van der Waals surface area contributed by atoms with Crippen LogP contribution in [0.1, 0.15) is 32.0 Å². The lowest BCUT2D eigenvalue weighted by molar-refractivity contribution is 0.246. The summed E-state index contributed by atoms with van der Waals surface area (Å²) in [7, 11) is -1.67. The third kappa shape index (κ3) is 3.05. The molecule has 2 heterocycles. The van der Waals surface area contributed by atoms with Crippen molar-refractivity contribution in [2.24, 2.45) is 7.05 Å². The van der Waals surface area contributed by atoms with Gasteiger partial charge in [-0.05, 0) is 26.3 Å². The number of nitrogens with zero attached hydrogens (tertiary/aromatic N) is 3. The summed E-state index contributed by atoms with van der Waals surface area (Å²) in [6.45, 7) is 6.00. The average molecular weight is 300 g/mol. The van der Waals surface area contributed by atoms with Crippen LogP contribution in [0.2, 0.25) is 0 Å². The summed E-state index contributed by atoms with van der Waals surface area (Å²) in [5, 5.41) is 3.42. The predicted molar refractivity (Wildman–Crippen MR) is 78.0 cm³/mol. The van der Waals surface area contributed by atoms with Crippen LogP contribution in [0.4, 0.5) is 0 Å². The Bertz CT molecular complexity index is 533. The molecule has 0 spiro atoms. The minimum Gasteiger partial charge on any atom is -0.337 e. The lowest BCUT2D eigenvalue weighted by Crippen LogP contribution is -2.48. The van der Waals surface area contributed by atoms with E-state index in [4.69, 9.17) is 0 Å². The van der Waals surface area contributed by atoms with Crippen LogP contribution in [0.5, 0.6) is 0 Å². The zero-order valence-electron chi connectivity index (χ0n) is 12.5. The first-order chi connectivity index (χ1) is 9.46. The van der Waals surface area contributed by atoms with Crippen LogP contribution < -0.4 is 5.32 Å². The lowest BCUT2D eigenvalue weighted by atomic mass is 10.1. The third-order valence-electron chi connectivity index (χ3n) is 3.86. The van der Waals surface area contributed by atoms with Gasteiger partial charge in [0.2, 0.25) is 0 Å². The number of nitrogens with one attached hydrogen (secondary N) is 1. The monoisotopic (exact) mass is 300 g/mol. The van der Waals surface area contributed by atoms with Crippen molar-refractivity contribution in [2.75, 3.05) is 19.6 Å². The van der Waals surface area contributed by atoms with E-state index in [1.165, 1.54) is 0 Å². The van der Waals surface area contributed by atoms with Crippen LogP contribution in [0, 0.1) is 6.92 Å². The highest BCUT2D eigenvalue weighted by Crippen LogP contribution is 2.24. The molecule has 20 heavy (non-hydrogen) atoms. The molecule has 0 saturated carbocycles. The number of sulfonamides is 1. The Hall–Kier alpha value is -0.920. The fourth-order valence-electron chi connectivity index (χ4n) is 2.58. The van der Waals surface area contributed by atoms with E-state index >= 15 is 0 Å². The quantitative estimate of drug-likeness (QED) is 0.876. The number of rotatable bonds is 5. The van der Waals surface area contributed by atoms with Crippen molar-refractivity contribution in [3.05, 3.63) is 12.0 Å². The van der Waals surface area contributed by atoms with E-state index < -0.39 is 10.0 Å². The Kier molecular flexibility index (Phi) is 4.82. The zero-order chi connectivity index (χ0) is 14.8. The Morgan fingerprint density at radius 1 is 1.45 bits per heavy atom. The number of likely N-dealkylation sites (N-methyl/N-ethyl adjacent to an activating group) is 1. The number of hydrogen-bond acceptors (Lipinski definition) is 4. The SMILES string of the molecule is CCNCC1CCCCN1S(=O)(=O)c1cn(C)c(C)n1. The standard InChI is InChI=1S/C13H24N4O2S/c1-4-14-9-12-7-5-6-8-17(12)20(18,19)13-10-16(3)11(2)15-13/h10,12,14H,4-9H2,1-3H3. The molecule has 1 aromatic heterocycles. The smallest absolute Gasteiger partial charge is 0.262 e. The third-order valence-corrected chi connectivity index (χ3v) is 5.69. The Morgan fingerprint density at radius 3 is 2.80 bits per heavy atom. The Balaban J connectivity index is 2.25. The summed E-state index contributed by atoms with van der Waals surface area (Å²) in [5.74, 6) is 0.712. The van der Waals surface area contributed by atoms with Crippen molar-refractivity contribution in [1.82, 2.24) is 19.2 Å². The van der Waals surface area contributed by atoms with Crippen LogP contribution in [0.3, 0.4) is 0 Å². The van der Waals surface area contributed by atoms with Gasteiger partial charge in [0.25, 0.3) is 10.0 Å². The van der Waals surface area contributed by atoms with E-state index in [1.807, 2.05) is 20.9 Å². The maximum absolute atomic E-state index is 12.7. The molecule has 1 atom stereocenters. The van der Waals surface area contributed by atoms with Crippen LogP contribution in [0.15, 0.2) is 11.2 Å². The van der Waals surface area contributed by atoms with Crippen molar-refractivity contribution >= 4 is 10.0 Å². The van der Waals surface area contributed by atoms with E-state index in [-0.39, 0.29) is 11.1 Å². The van der Waals surface area contributed by atoms with Gasteiger partial charge in [-0.3, -0.25) is 0 Å². The molecule has 2 rings (SSSR count). The summed E-state index contributed by atoms with van der Waals surface area (Å²) < 4.78 is 28.9. The second-order valence-electron chi connectivity index (χ2n) is 5.31. The van der Waals surface area contributed by atoms with Gasteiger partial charge in [-0.25, -0.2) is 13.4 Å². The molecule has 1 aliphatic rings. The zero-order valence-corrected chi connectivity index (χ0v) is 13.3. The first kappa shape index (κ1) is 15.5. The summed E-state index contributed by atoms with van der Waals surface area (Å²) in [6, 6.07) is 0.0380. The highest BCUT2D eigenvalue weighted by molar-refractivity contribution is 7.89. The van der Waals surface area contributed by atoms with E-state index in [9.17, 15) is 8.42 Å². The van der Waals surface area contributed by atoms with Gasteiger partial charge in [0.1, 0.15) is 5.82 Å². The molecule has 1 N–H and O–H groups in total. The van der Waals surface area contributed by atoms with Crippen molar-refractivity contribution in [1.29, 1.82) is 0 Å². The minimum absolute atomic E-state index is 0.0380. The molecule has 6 nitrogen and oxygen atoms in total. The van der Waals surface area contributed by atoms with Crippen molar-refractivity contribution in [3.8, 4) is 0 Å². The van der Waals surface area contributed by atoms with Crippen LogP contribution in [-0.4, -0.2) is 48.0 Å². The normalized spacial score (nSPS) is 21.2. The molecule has 0 aromatic carbocycles. The Morgan fingerprint density at radius 2 is 2.20 bits per heavy atom. The first-order valence-corrected chi connectivity index (χ1v) is 8.63. The molecule has 0 bridgehead atoms. The number of hydrogen-bond donors (Lipinski definition) is 1. The molecule has 1 saturated heterocycles. The van der Waals surface area contributed by atoms with Gasteiger partial charge in [0.15, 0.2) is 5.03 Å². The maximum atomic E-state index is 12.7. The highest BCUT2D eigenvalue weighted by atomic mass is 32.2. The highest BCUT2D eigenvalue weighted by Gasteiger charge is 2.34. The molecule has 1 unspecified atom stereocenters. The first-order valence-electron chi connectivity index (χ1n) is 7.19. The van der Waals surface area contributed by atoms with E-state index in [0.717, 1.165) is 25.8 Å². The second kappa shape index (κ2) is 6.24. The molecular weight excluding hydrogens is 276 g/mol. The minimum atomic E-state index is -3.48. The van der Waals surface area contributed by atoms with E-state index in [2.05, 4.69) is 10.3 Å². The van der Waals surface area contributed by atoms with Gasteiger partial charge in [-0.1, -0.05) is 13.3 Å². The molecule has 0 amide bonds. The van der Waals surface area contributed by atoms with Crippen LogP contribution >= 0.6 is 0 Å². The van der Waals surface area contributed by atoms with Gasteiger partial charge < -0.3 is 9.88 Å². The number of imidazole rings is 1. The topological polar surface area (TPSA) is 67.2 Å². The largest absolute Gasteiger partial charge is 0.337 e. The van der Waals surface area contributed by atoms with Crippen LogP contribution in [0.25, 0.3) is 0 Å². The van der Waals surface area contributed by atoms with Gasteiger partial charge in [-0.15, -0.1) is 0 Å². The van der Waals surface area contributed by atoms with Gasteiger partial charge >= 0.3 is 0 Å². The van der Waals surface area contributed by atoms with E-state index in [1.54, 1.807) is 15.1 Å². The number of piperidine rings is 1. The lowest BCUT2D eigenvalue weighted by Gasteiger charge is -2.34. The summed E-state index contributed by atoms with van der Waals surface area (Å²) in [4.78, 5) is 4.18. The molecule has 114 valence electrons.